The van der Waals surface area contributed by atoms with E-state index in [1.165, 1.54) is 0 Å². The van der Waals surface area contributed by atoms with Crippen molar-refractivity contribution in [2.75, 3.05) is 6.61 Å². The van der Waals surface area contributed by atoms with Crippen LogP contribution in [0.5, 0.6) is 0 Å². The standard InChI is InChI=1S/C15H18O5/c1-5-8-11-12(9-13(16)18-7-3)20-15(17)14(11)19-10(4)6-2/h5-6,9-10H,1-2,7-8H2,3-4H3/b12-9-. The molecule has 0 radical (unpaired) electrons. The van der Waals surface area contributed by atoms with Crippen molar-refractivity contribution in [2.45, 2.75) is 26.4 Å². The summed E-state index contributed by atoms with van der Waals surface area (Å²) in [5, 5.41) is 0. The van der Waals surface area contributed by atoms with E-state index in [0.29, 0.717) is 12.0 Å². The third-order valence-electron chi connectivity index (χ3n) is 2.48. The van der Waals surface area contributed by atoms with Crippen LogP contribution in [0.15, 0.2) is 48.5 Å². The second-order valence-corrected chi connectivity index (χ2v) is 4.01. The number of carbonyl (C=O) groups excluding carboxylic acids is 2. The van der Waals surface area contributed by atoms with E-state index in [0.717, 1.165) is 6.08 Å². The van der Waals surface area contributed by atoms with E-state index in [2.05, 4.69) is 13.2 Å². The van der Waals surface area contributed by atoms with Crippen LogP contribution in [-0.2, 0) is 23.8 Å². The molecule has 1 heterocycles. The minimum Gasteiger partial charge on any atom is -0.479 e. The van der Waals surface area contributed by atoms with E-state index >= 15 is 0 Å². The predicted octanol–water partition coefficient (Wildman–Crippen LogP) is 2.41. The van der Waals surface area contributed by atoms with Gasteiger partial charge in [0.15, 0.2) is 0 Å². The van der Waals surface area contributed by atoms with Crippen LogP contribution in [0.4, 0.5) is 0 Å². The zero-order valence-corrected chi connectivity index (χ0v) is 11.7. The van der Waals surface area contributed by atoms with Crippen LogP contribution >= 0.6 is 0 Å². The Bertz CT molecular complexity index is 484. The molecule has 1 aliphatic heterocycles. The summed E-state index contributed by atoms with van der Waals surface area (Å²) < 4.78 is 15.3. The molecule has 0 saturated heterocycles. The summed E-state index contributed by atoms with van der Waals surface area (Å²) in [5.41, 5.74) is 0.478. The Kier molecular flexibility index (Phi) is 5.77. The molecule has 0 spiro atoms. The van der Waals surface area contributed by atoms with Crippen molar-refractivity contribution in [1.29, 1.82) is 0 Å². The van der Waals surface area contributed by atoms with Gasteiger partial charge in [0.2, 0.25) is 5.76 Å². The van der Waals surface area contributed by atoms with E-state index in [9.17, 15) is 9.59 Å². The molecule has 0 bridgehead atoms. The van der Waals surface area contributed by atoms with Gasteiger partial charge in [0.05, 0.1) is 12.7 Å². The average Bonchev–Trinajstić information content (AvgIpc) is 2.67. The molecule has 0 fully saturated rings. The Morgan fingerprint density at radius 1 is 1.45 bits per heavy atom. The predicted molar refractivity (Wildman–Crippen MR) is 73.4 cm³/mol. The Hall–Kier alpha value is -2.30. The molecule has 5 nitrogen and oxygen atoms in total. The molecule has 0 saturated carbocycles. The lowest BCUT2D eigenvalue weighted by Crippen LogP contribution is -2.10. The summed E-state index contributed by atoms with van der Waals surface area (Å²) in [6.45, 7) is 10.9. The fraction of sp³-hybridized carbons (Fsp3) is 0.333. The van der Waals surface area contributed by atoms with Gasteiger partial charge in [-0.15, -0.1) is 6.58 Å². The van der Waals surface area contributed by atoms with Crippen LogP contribution in [0.25, 0.3) is 0 Å². The number of hydrogen-bond donors (Lipinski definition) is 0. The SMILES string of the molecule is C=CCC1=C(OC(C)C=C)C(=O)O/C1=C\C(=O)OCC. The van der Waals surface area contributed by atoms with Crippen LogP contribution in [0.1, 0.15) is 20.3 Å². The number of allylic oxidation sites excluding steroid dienone is 2. The second kappa shape index (κ2) is 7.33. The zero-order valence-electron chi connectivity index (χ0n) is 11.7. The second-order valence-electron chi connectivity index (χ2n) is 4.01. The summed E-state index contributed by atoms with van der Waals surface area (Å²) in [6, 6.07) is 0. The fourth-order valence-electron chi connectivity index (χ4n) is 1.54. The first-order chi connectivity index (χ1) is 9.53. The van der Waals surface area contributed by atoms with Crippen molar-refractivity contribution in [2.24, 2.45) is 0 Å². The van der Waals surface area contributed by atoms with Gasteiger partial charge in [-0.3, -0.25) is 0 Å². The number of cyclic esters (lactones) is 1. The van der Waals surface area contributed by atoms with Crippen molar-refractivity contribution >= 4 is 11.9 Å². The monoisotopic (exact) mass is 278 g/mol. The summed E-state index contributed by atoms with van der Waals surface area (Å²) in [4.78, 5) is 23.2. The minimum atomic E-state index is -0.633. The van der Waals surface area contributed by atoms with Gasteiger partial charge in [0, 0.05) is 5.57 Å². The molecular formula is C15H18O5. The normalized spacial score (nSPS) is 17.7. The molecule has 1 aliphatic rings. The molecule has 108 valence electrons. The van der Waals surface area contributed by atoms with Crippen molar-refractivity contribution in [1.82, 2.24) is 0 Å². The highest BCUT2D eigenvalue weighted by Gasteiger charge is 2.32. The number of ether oxygens (including phenoxy) is 3. The van der Waals surface area contributed by atoms with Crippen molar-refractivity contribution in [3.63, 3.8) is 0 Å². The maximum absolute atomic E-state index is 11.8. The molecule has 0 aromatic heterocycles. The number of esters is 2. The molecular weight excluding hydrogens is 260 g/mol. The molecule has 0 aromatic rings. The smallest absolute Gasteiger partial charge is 0.379 e. The lowest BCUT2D eigenvalue weighted by molar-refractivity contribution is -0.138. The van der Waals surface area contributed by atoms with Gasteiger partial charge >= 0.3 is 11.9 Å². The van der Waals surface area contributed by atoms with Crippen LogP contribution in [0, 0.1) is 0 Å². The Balaban J connectivity index is 3.09. The first kappa shape index (κ1) is 15.8. The van der Waals surface area contributed by atoms with Crippen molar-refractivity contribution in [3.05, 3.63) is 48.5 Å². The molecule has 0 aromatic carbocycles. The first-order valence-electron chi connectivity index (χ1n) is 6.27. The summed E-state index contributed by atoms with van der Waals surface area (Å²) >= 11 is 0. The topological polar surface area (TPSA) is 61.8 Å². The number of hydrogen-bond acceptors (Lipinski definition) is 5. The maximum Gasteiger partial charge on any atom is 0.379 e. The fourth-order valence-corrected chi connectivity index (χ4v) is 1.54. The largest absolute Gasteiger partial charge is 0.479 e. The minimum absolute atomic E-state index is 0.0767. The zero-order chi connectivity index (χ0) is 15.1. The van der Waals surface area contributed by atoms with E-state index in [1.54, 1.807) is 26.0 Å². The summed E-state index contributed by atoms with van der Waals surface area (Å²) in [5.74, 6) is -0.992. The highest BCUT2D eigenvalue weighted by atomic mass is 16.6. The van der Waals surface area contributed by atoms with Gasteiger partial charge in [-0.2, -0.15) is 0 Å². The lowest BCUT2D eigenvalue weighted by atomic mass is 10.1. The Morgan fingerprint density at radius 2 is 2.15 bits per heavy atom. The van der Waals surface area contributed by atoms with Gasteiger partial charge in [-0.05, 0) is 20.3 Å². The van der Waals surface area contributed by atoms with Crippen molar-refractivity contribution in [3.8, 4) is 0 Å². The first-order valence-corrected chi connectivity index (χ1v) is 6.27. The highest BCUT2D eigenvalue weighted by Crippen LogP contribution is 2.30. The van der Waals surface area contributed by atoms with Gasteiger partial charge in [-0.1, -0.05) is 18.7 Å². The van der Waals surface area contributed by atoms with Crippen LogP contribution in [-0.4, -0.2) is 24.6 Å². The molecule has 1 atom stereocenters. The van der Waals surface area contributed by atoms with Crippen LogP contribution in [0.2, 0.25) is 0 Å². The average molecular weight is 278 g/mol. The summed E-state index contributed by atoms with van der Waals surface area (Å²) in [7, 11) is 0. The molecule has 5 heteroatoms. The third kappa shape index (κ3) is 3.85. The van der Waals surface area contributed by atoms with Crippen LogP contribution < -0.4 is 0 Å². The molecule has 0 aliphatic carbocycles. The third-order valence-corrected chi connectivity index (χ3v) is 2.48. The molecule has 1 unspecified atom stereocenters. The quantitative estimate of drug-likeness (QED) is 0.406. The van der Waals surface area contributed by atoms with Gasteiger partial charge in [-0.25, -0.2) is 9.59 Å². The van der Waals surface area contributed by atoms with Gasteiger partial charge in [0.1, 0.15) is 11.9 Å². The van der Waals surface area contributed by atoms with E-state index < -0.39 is 11.9 Å². The highest BCUT2D eigenvalue weighted by molar-refractivity contribution is 5.94. The van der Waals surface area contributed by atoms with E-state index in [1.807, 2.05) is 0 Å². The molecule has 20 heavy (non-hydrogen) atoms. The van der Waals surface area contributed by atoms with Crippen LogP contribution in [0.3, 0.4) is 0 Å². The van der Waals surface area contributed by atoms with Crippen molar-refractivity contribution < 1.29 is 23.8 Å². The van der Waals surface area contributed by atoms with E-state index in [4.69, 9.17) is 14.2 Å². The molecule has 0 N–H and O–H groups in total. The lowest BCUT2D eigenvalue weighted by Gasteiger charge is -2.09. The Morgan fingerprint density at radius 3 is 2.70 bits per heavy atom. The molecule has 0 amide bonds. The Labute approximate surface area is 118 Å². The van der Waals surface area contributed by atoms with Gasteiger partial charge in [0.25, 0.3) is 0 Å². The maximum atomic E-state index is 11.8. The van der Waals surface area contributed by atoms with E-state index in [-0.39, 0.29) is 24.2 Å². The number of carbonyl (C=O) groups is 2. The molecule has 1 rings (SSSR count). The summed E-state index contributed by atoms with van der Waals surface area (Å²) in [6.07, 6.45) is 4.28. The van der Waals surface area contributed by atoms with Gasteiger partial charge < -0.3 is 14.2 Å². The number of rotatable bonds is 7.